The van der Waals surface area contributed by atoms with Crippen molar-refractivity contribution in [2.75, 3.05) is 44.5 Å². The van der Waals surface area contributed by atoms with Crippen molar-refractivity contribution >= 4 is 128 Å². The molecule has 30 heteroatoms. The van der Waals surface area contributed by atoms with Gasteiger partial charge in [-0.15, -0.1) is 0 Å². The molecular weight excluding hydrogens is 2000 g/mol. The second kappa shape index (κ2) is 48.1. The first-order valence-corrected chi connectivity index (χ1v) is 49.7. The molecule has 2 radical (unpaired) electrons. The number of rotatable bonds is 38. The molecule has 750 valence electrons. The molecule has 28 nitrogen and oxygen atoms in total. The number of benzene rings is 10. The molecule has 4 N–H and O–H groups in total. The predicted molar refractivity (Wildman–Crippen MR) is 551 cm³/mol. The summed E-state index contributed by atoms with van der Waals surface area (Å²) in [5.74, 6) is -0.764. The van der Waals surface area contributed by atoms with Crippen LogP contribution in [0.1, 0.15) is 227 Å². The number of fused-ring (bicyclic) bond motifs is 16. The first-order valence-electron chi connectivity index (χ1n) is 49.7. The SMILES string of the molecule is CCC(=O)CCCCC(=O)N[C@@H](C)C(=O)C[C@@H](C)C(=O)Nc1cc(COc2cc3c(cc2C)C(=O)N2c4ccccc4C[C@H]2C=N3)cc(COc2cc3c(cc2OC)C(=O)N2c4ccccc4C[C@H]2C=N3)c1.CCC(=O)CCCCC(=O)N[C@@H](C)C(=O)C[C@@H](C)C(=O)Nc1cc(COc2cc3c(cc2C)C(=O)N2c4ccccc4C[C@H]2[CH-]C3)cc(COc2cc3c(cc2OC)C(=O)N2c4ccccc4C[C@H]2[CH-]C3)c1.[Y].[Y]. The van der Waals surface area contributed by atoms with Gasteiger partial charge in [0.1, 0.15) is 49.5 Å². The van der Waals surface area contributed by atoms with Gasteiger partial charge in [-0.25, -0.2) is 0 Å². The van der Waals surface area contributed by atoms with Crippen LogP contribution >= 0.6 is 0 Å². The molecule has 0 bridgehead atoms. The molecule has 8 amide bonds. The number of nitrogens with one attached hydrogen (secondary N) is 4. The van der Waals surface area contributed by atoms with E-state index >= 15 is 0 Å². The van der Waals surface area contributed by atoms with Gasteiger partial charge in [-0.3, -0.25) is 77.3 Å². The molecule has 8 atom stereocenters. The number of anilines is 6. The summed E-state index contributed by atoms with van der Waals surface area (Å²) in [6.07, 6.45) is 16.3. The Morgan fingerprint density at radius 2 is 0.712 bits per heavy atom. The Morgan fingerprint density at radius 1 is 0.384 bits per heavy atom. The second-order valence-electron chi connectivity index (χ2n) is 38.5. The van der Waals surface area contributed by atoms with Crippen LogP contribution in [0, 0.1) is 38.5 Å². The van der Waals surface area contributed by atoms with Gasteiger partial charge in [0.15, 0.2) is 34.6 Å². The van der Waals surface area contributed by atoms with Gasteiger partial charge in [0.05, 0.1) is 60.9 Å². The zero-order valence-electron chi connectivity index (χ0n) is 84.0. The van der Waals surface area contributed by atoms with Crippen LogP contribution in [0.5, 0.6) is 34.5 Å². The molecular formula is C116H120N10O18Y2-2. The van der Waals surface area contributed by atoms with Crippen molar-refractivity contribution in [3.05, 3.63) is 284 Å². The van der Waals surface area contributed by atoms with Gasteiger partial charge in [-0.2, -0.15) is 12.8 Å². The number of amides is 8. The molecule has 0 aliphatic carbocycles. The van der Waals surface area contributed by atoms with Gasteiger partial charge in [0.2, 0.25) is 23.6 Å². The molecule has 0 saturated heterocycles. The number of methoxy groups -OCH3 is 2. The molecule has 8 heterocycles. The summed E-state index contributed by atoms with van der Waals surface area (Å²) in [4.78, 5) is 176. The summed E-state index contributed by atoms with van der Waals surface area (Å²) in [7, 11) is 3.05. The van der Waals surface area contributed by atoms with Crippen molar-refractivity contribution in [3.63, 3.8) is 0 Å². The molecule has 0 spiro atoms. The van der Waals surface area contributed by atoms with Crippen molar-refractivity contribution in [1.82, 2.24) is 10.6 Å². The largest absolute Gasteiger partial charge is 0.493 e. The fraction of sp³-hybridized carbons (Fsp3) is 0.345. The maximum Gasteiger partial charge on any atom is 0.261 e. The van der Waals surface area contributed by atoms with E-state index in [4.69, 9.17) is 38.4 Å². The number of hydrogen-bond donors (Lipinski definition) is 4. The number of hydrogen-bond acceptors (Lipinski definition) is 20. The number of carbonyl (C=O) groups excluding carboxylic acids is 12. The van der Waals surface area contributed by atoms with Crippen LogP contribution in [0.4, 0.5) is 45.5 Å². The van der Waals surface area contributed by atoms with Crippen molar-refractivity contribution < 1.29 is 151 Å². The van der Waals surface area contributed by atoms with Crippen molar-refractivity contribution in [3.8, 4) is 34.5 Å². The number of aryl methyl sites for hydroxylation is 2. The summed E-state index contributed by atoms with van der Waals surface area (Å²) >= 11 is 0. The number of carbonyl (C=O) groups is 12. The molecule has 8 aliphatic heterocycles. The van der Waals surface area contributed by atoms with Crippen molar-refractivity contribution in [1.29, 1.82) is 0 Å². The molecule has 10 aromatic carbocycles. The van der Waals surface area contributed by atoms with Crippen LogP contribution in [-0.4, -0.2) is 133 Å². The first-order chi connectivity index (χ1) is 69.5. The number of aliphatic imine (C=N–C) groups is 2. The average Bonchev–Trinajstić information content (AvgIpc) is 1.67. The fourth-order valence-corrected chi connectivity index (χ4v) is 20.1. The number of unbranched alkanes of at least 4 members (excludes halogenated alkanes) is 2. The monoisotopic (exact) mass is 2120 g/mol. The van der Waals surface area contributed by atoms with Gasteiger partial charge in [0.25, 0.3) is 23.6 Å². The molecule has 0 saturated carbocycles. The summed E-state index contributed by atoms with van der Waals surface area (Å²) < 4.78 is 37.5. The van der Waals surface area contributed by atoms with E-state index in [1.54, 1.807) is 82.3 Å². The van der Waals surface area contributed by atoms with Crippen molar-refractivity contribution in [2.45, 2.75) is 234 Å². The summed E-state index contributed by atoms with van der Waals surface area (Å²) in [5, 5.41) is 11.5. The zero-order valence-corrected chi connectivity index (χ0v) is 89.7. The predicted octanol–water partition coefficient (Wildman–Crippen LogP) is 18.7. The van der Waals surface area contributed by atoms with E-state index in [1.165, 1.54) is 12.7 Å². The minimum absolute atomic E-state index is 0. The molecule has 146 heavy (non-hydrogen) atoms. The second-order valence-corrected chi connectivity index (χ2v) is 38.5. The third-order valence-electron chi connectivity index (χ3n) is 28.1. The Labute approximate surface area is 901 Å². The van der Waals surface area contributed by atoms with Crippen LogP contribution in [0.25, 0.3) is 0 Å². The standard InChI is InChI=1S/C59H62N4O9.C57H58N6O9.2Y/c1-6-47(64)15-9-12-18-56(66)60-37(4)52(65)24-36(3)57(67)61-44-26-38(33-71-53-30-40-19-21-45-28-42-13-7-10-16-50(42)62(45)58(68)48(40)23-35(53)2)25-39(27-44)34-72-55-31-41-20-22-46-29-43-14-8-11-17-51(43)63(46)59(69)49(41)32-54(55)70-5;1-6-43(64)15-9-12-18-54(66)60-35(4)50(65)20-34(3)55(67)61-40-22-36(31-71-51-27-46-44(19-33(51)2)56(68)62-41(29-58-46)24-38-13-7-10-16-48(38)62)21-37(23-40)32-72-53-28-47-45(26-52(53)70-5)57(69)63-42(30-59-47)25-39-14-8-11-17-49(39)63;;/h7-8,10-11,13-14,16-17,21-23,25-27,30-32,36-37,45-46H,6,9,12,15,18-20,24,28-29,33-34H2,1-5H3,(H,60,66)(H,61,67);7-8,10-11,13-14,16-17,19,21-23,26-30,34-35,41-42H,6,9,12,15,18,20,24-25,31-32H2,1-5H3,(H,60,66)(H,61,67);;/q-2;;;/t36-,37+,45-,46-;34-,35+,41+,42+;;/m11../s1. The molecule has 0 fully saturated rings. The number of nitrogens with zero attached hydrogens (tertiary/aromatic N) is 6. The Bertz CT molecular complexity index is 6810. The number of para-hydroxylation sites is 4. The van der Waals surface area contributed by atoms with E-state index in [0.29, 0.717) is 173 Å². The van der Waals surface area contributed by atoms with E-state index in [9.17, 15) is 57.5 Å². The van der Waals surface area contributed by atoms with Crippen LogP contribution in [0.3, 0.4) is 0 Å². The Balaban J connectivity index is 0.000000216. The topological polar surface area (TPSA) is 346 Å². The normalized spacial score (nSPS) is 16.7. The van der Waals surface area contributed by atoms with E-state index < -0.39 is 29.8 Å². The average molecular weight is 2120 g/mol. The number of ether oxygens (including phenoxy) is 6. The van der Waals surface area contributed by atoms with E-state index in [1.807, 2.05) is 182 Å². The van der Waals surface area contributed by atoms with Gasteiger partial charge < -0.3 is 72.3 Å². The van der Waals surface area contributed by atoms with Gasteiger partial charge in [-0.1, -0.05) is 124 Å². The summed E-state index contributed by atoms with van der Waals surface area (Å²) in [5.41, 5.74) is 18.1. The fourth-order valence-electron chi connectivity index (χ4n) is 20.1. The Morgan fingerprint density at radius 3 is 1.12 bits per heavy atom. The quantitative estimate of drug-likeness (QED) is 0.0206. The molecule has 0 unspecified atom stereocenters. The first kappa shape index (κ1) is 107. The molecule has 10 aromatic rings. The van der Waals surface area contributed by atoms with Gasteiger partial charge >= 0.3 is 0 Å². The van der Waals surface area contributed by atoms with E-state index in [0.717, 1.165) is 80.1 Å². The minimum Gasteiger partial charge on any atom is -0.493 e. The van der Waals surface area contributed by atoms with Gasteiger partial charge in [0, 0.05) is 211 Å². The zero-order chi connectivity index (χ0) is 101. The molecule has 0 aromatic heterocycles. The third kappa shape index (κ3) is 24.4. The van der Waals surface area contributed by atoms with Crippen LogP contribution in [-0.2, 0) is 169 Å². The van der Waals surface area contributed by atoms with Crippen LogP contribution in [0.15, 0.2) is 192 Å². The smallest absolute Gasteiger partial charge is 0.261 e. The summed E-state index contributed by atoms with van der Waals surface area (Å²) in [6, 6.07) is 55.2. The minimum atomic E-state index is -0.800. The Kier molecular flexibility index (Phi) is 35.3. The van der Waals surface area contributed by atoms with E-state index in [-0.39, 0.29) is 206 Å². The molecule has 18 rings (SSSR count). The van der Waals surface area contributed by atoms with Crippen LogP contribution < -0.4 is 69.3 Å². The Hall–Kier alpha value is -13.0. The third-order valence-corrected chi connectivity index (χ3v) is 28.1. The van der Waals surface area contributed by atoms with Crippen LogP contribution in [0.2, 0.25) is 0 Å². The summed E-state index contributed by atoms with van der Waals surface area (Å²) in [6.45, 7) is 14.3. The molecule has 8 aliphatic rings. The maximum absolute atomic E-state index is 14.1. The maximum atomic E-state index is 14.1. The van der Waals surface area contributed by atoms with Crippen molar-refractivity contribution in [2.24, 2.45) is 21.8 Å². The van der Waals surface area contributed by atoms with Gasteiger partial charge in [-0.05, 0) is 219 Å². The number of Topliss-reactive ketones (excluding diaryl/α,β-unsaturated/α-hetero) is 4. The number of ketones is 4. The van der Waals surface area contributed by atoms with E-state index in [2.05, 4.69) is 46.2 Å².